The van der Waals surface area contributed by atoms with Gasteiger partial charge in [0.05, 0.1) is 20.8 Å². The summed E-state index contributed by atoms with van der Waals surface area (Å²) in [4.78, 5) is 25.7. The van der Waals surface area contributed by atoms with Gasteiger partial charge in [0.15, 0.2) is 5.78 Å². The largest absolute Gasteiger partial charge is 0.497 e. The second-order valence-corrected chi connectivity index (χ2v) is 7.12. The van der Waals surface area contributed by atoms with Gasteiger partial charge in [0, 0.05) is 12.0 Å². The lowest BCUT2D eigenvalue weighted by Gasteiger charge is -2.30. The van der Waals surface area contributed by atoms with E-state index >= 15 is 0 Å². The van der Waals surface area contributed by atoms with E-state index in [0.29, 0.717) is 17.9 Å². The van der Waals surface area contributed by atoms with E-state index in [9.17, 15) is 9.59 Å². The summed E-state index contributed by atoms with van der Waals surface area (Å²) in [6.45, 7) is 3.99. The highest BCUT2D eigenvalue weighted by Gasteiger charge is 2.40. The molecule has 29 heavy (non-hydrogen) atoms. The molecule has 2 aromatic rings. The standard InChI is InChI=1S/C24H26O5/c1-5-29-24(26)23-21(18-10-19(27-3)14-20(11-18)28-4)12-17(13-22(23)25)16-8-6-15(2)7-9-16/h6-11,13-14,21,23H,5,12H2,1-4H3/t21-,23-/m0/s1. The van der Waals surface area contributed by atoms with E-state index in [0.717, 1.165) is 22.3 Å². The van der Waals surface area contributed by atoms with Gasteiger partial charge in [-0.05, 0) is 55.2 Å². The SMILES string of the molecule is CCOC(=O)[C@@H]1C(=O)C=C(c2ccc(C)cc2)C[C@H]1c1cc(OC)cc(OC)c1. The molecule has 0 amide bonds. The molecule has 0 bridgehead atoms. The van der Waals surface area contributed by atoms with Crippen LogP contribution in [-0.4, -0.2) is 32.6 Å². The van der Waals surface area contributed by atoms with Crippen LogP contribution < -0.4 is 9.47 Å². The molecule has 0 unspecified atom stereocenters. The van der Waals surface area contributed by atoms with Crippen LogP contribution in [0.15, 0.2) is 48.5 Å². The van der Waals surface area contributed by atoms with Gasteiger partial charge in [-0.25, -0.2) is 0 Å². The van der Waals surface area contributed by atoms with Crippen LogP contribution in [0.5, 0.6) is 11.5 Å². The zero-order valence-electron chi connectivity index (χ0n) is 17.2. The van der Waals surface area contributed by atoms with Crippen molar-refractivity contribution < 1.29 is 23.8 Å². The number of carbonyl (C=O) groups is 2. The average Bonchev–Trinajstić information content (AvgIpc) is 2.73. The number of ether oxygens (including phenoxy) is 3. The van der Waals surface area contributed by atoms with E-state index in [4.69, 9.17) is 14.2 Å². The van der Waals surface area contributed by atoms with Crippen LogP contribution in [0.4, 0.5) is 0 Å². The summed E-state index contributed by atoms with van der Waals surface area (Å²) in [7, 11) is 3.15. The van der Waals surface area contributed by atoms with Gasteiger partial charge in [0.25, 0.3) is 0 Å². The second-order valence-electron chi connectivity index (χ2n) is 7.12. The van der Waals surface area contributed by atoms with Gasteiger partial charge in [-0.2, -0.15) is 0 Å². The third kappa shape index (κ3) is 4.50. The Morgan fingerprint density at radius 1 is 1.03 bits per heavy atom. The van der Waals surface area contributed by atoms with Crippen LogP contribution in [0.3, 0.4) is 0 Å². The molecule has 1 aliphatic carbocycles. The van der Waals surface area contributed by atoms with Crippen molar-refractivity contribution in [2.24, 2.45) is 5.92 Å². The molecule has 0 saturated heterocycles. The molecule has 0 heterocycles. The van der Waals surface area contributed by atoms with Crippen LogP contribution in [0.25, 0.3) is 5.57 Å². The Balaban J connectivity index is 2.07. The van der Waals surface area contributed by atoms with E-state index in [1.54, 1.807) is 33.3 Å². The summed E-state index contributed by atoms with van der Waals surface area (Å²) in [6.07, 6.45) is 2.12. The van der Waals surface area contributed by atoms with Crippen molar-refractivity contribution in [1.29, 1.82) is 0 Å². The first-order valence-electron chi connectivity index (χ1n) is 9.67. The molecule has 0 saturated carbocycles. The summed E-state index contributed by atoms with van der Waals surface area (Å²) in [5.41, 5.74) is 3.84. The molecular formula is C24H26O5. The molecular weight excluding hydrogens is 368 g/mol. The molecule has 0 N–H and O–H groups in total. The number of benzene rings is 2. The highest BCUT2D eigenvalue weighted by atomic mass is 16.5. The lowest BCUT2D eigenvalue weighted by atomic mass is 9.73. The molecule has 3 rings (SSSR count). The maximum atomic E-state index is 13.0. The van der Waals surface area contributed by atoms with E-state index in [-0.39, 0.29) is 18.3 Å². The zero-order valence-corrected chi connectivity index (χ0v) is 17.2. The van der Waals surface area contributed by atoms with E-state index < -0.39 is 11.9 Å². The molecule has 0 radical (unpaired) electrons. The minimum atomic E-state index is -0.888. The van der Waals surface area contributed by atoms with E-state index in [1.807, 2.05) is 43.3 Å². The number of carbonyl (C=O) groups excluding carboxylic acids is 2. The first-order valence-corrected chi connectivity index (χ1v) is 9.67. The summed E-state index contributed by atoms with van der Waals surface area (Å²) >= 11 is 0. The van der Waals surface area contributed by atoms with Gasteiger partial charge in [0.2, 0.25) is 0 Å². The number of hydrogen-bond acceptors (Lipinski definition) is 5. The number of allylic oxidation sites excluding steroid dienone is 2. The number of aryl methyl sites for hydroxylation is 1. The Hall–Kier alpha value is -3.08. The van der Waals surface area contributed by atoms with Gasteiger partial charge >= 0.3 is 5.97 Å². The van der Waals surface area contributed by atoms with Crippen molar-refractivity contribution in [3.05, 3.63) is 65.2 Å². The zero-order chi connectivity index (χ0) is 21.0. The van der Waals surface area contributed by atoms with Gasteiger partial charge in [0.1, 0.15) is 17.4 Å². The summed E-state index contributed by atoms with van der Waals surface area (Å²) in [6, 6.07) is 13.5. The first kappa shape index (κ1) is 20.6. The van der Waals surface area contributed by atoms with Crippen molar-refractivity contribution in [1.82, 2.24) is 0 Å². The minimum absolute atomic E-state index is 0.227. The van der Waals surface area contributed by atoms with Crippen molar-refractivity contribution in [2.45, 2.75) is 26.2 Å². The Bertz CT molecular complexity index is 905. The summed E-state index contributed by atoms with van der Waals surface area (Å²) in [5, 5.41) is 0. The lowest BCUT2D eigenvalue weighted by molar-refractivity contribution is -0.151. The molecule has 5 heteroatoms. The minimum Gasteiger partial charge on any atom is -0.497 e. The van der Waals surface area contributed by atoms with E-state index in [2.05, 4.69) is 0 Å². The van der Waals surface area contributed by atoms with Crippen LogP contribution in [0, 0.1) is 12.8 Å². The highest BCUT2D eigenvalue weighted by molar-refractivity contribution is 6.10. The average molecular weight is 394 g/mol. The highest BCUT2D eigenvalue weighted by Crippen LogP contribution is 2.42. The fourth-order valence-corrected chi connectivity index (χ4v) is 3.71. The number of rotatable bonds is 6. The van der Waals surface area contributed by atoms with Crippen LogP contribution in [0.2, 0.25) is 0 Å². The molecule has 0 fully saturated rings. The summed E-state index contributed by atoms with van der Waals surface area (Å²) < 4.78 is 16.0. The summed E-state index contributed by atoms with van der Waals surface area (Å²) in [5.74, 6) is -0.768. The van der Waals surface area contributed by atoms with Crippen molar-refractivity contribution in [3.8, 4) is 11.5 Å². The molecule has 0 aromatic heterocycles. The molecule has 0 spiro atoms. The van der Waals surface area contributed by atoms with Crippen molar-refractivity contribution >= 4 is 17.3 Å². The maximum absolute atomic E-state index is 13.0. The first-order chi connectivity index (χ1) is 14.0. The Kier molecular flexibility index (Phi) is 6.37. The van der Waals surface area contributed by atoms with Crippen LogP contribution in [-0.2, 0) is 14.3 Å². The van der Waals surface area contributed by atoms with Crippen LogP contribution in [0.1, 0.15) is 36.0 Å². The topological polar surface area (TPSA) is 61.8 Å². The smallest absolute Gasteiger partial charge is 0.317 e. The number of methoxy groups -OCH3 is 2. The quantitative estimate of drug-likeness (QED) is 0.539. The fraction of sp³-hybridized carbons (Fsp3) is 0.333. The van der Waals surface area contributed by atoms with Crippen molar-refractivity contribution in [3.63, 3.8) is 0 Å². The second kappa shape index (κ2) is 8.95. The number of esters is 1. The van der Waals surface area contributed by atoms with Gasteiger partial charge in [-0.15, -0.1) is 0 Å². The van der Waals surface area contributed by atoms with Crippen molar-refractivity contribution in [2.75, 3.05) is 20.8 Å². The van der Waals surface area contributed by atoms with E-state index in [1.165, 1.54) is 0 Å². The Labute approximate surface area is 171 Å². The number of ketones is 1. The molecule has 2 atom stereocenters. The maximum Gasteiger partial charge on any atom is 0.317 e. The van der Waals surface area contributed by atoms with Gasteiger partial charge in [-0.3, -0.25) is 9.59 Å². The van der Waals surface area contributed by atoms with Gasteiger partial charge in [-0.1, -0.05) is 29.8 Å². The fourth-order valence-electron chi connectivity index (χ4n) is 3.71. The Morgan fingerprint density at radius 2 is 1.66 bits per heavy atom. The number of hydrogen-bond donors (Lipinski definition) is 0. The predicted molar refractivity (Wildman–Crippen MR) is 111 cm³/mol. The van der Waals surface area contributed by atoms with Gasteiger partial charge < -0.3 is 14.2 Å². The monoisotopic (exact) mass is 394 g/mol. The Morgan fingerprint density at radius 3 is 2.21 bits per heavy atom. The molecule has 152 valence electrons. The molecule has 0 aliphatic heterocycles. The third-order valence-corrected chi connectivity index (χ3v) is 5.23. The normalized spacial score (nSPS) is 18.8. The third-order valence-electron chi connectivity index (χ3n) is 5.23. The molecule has 2 aromatic carbocycles. The molecule has 5 nitrogen and oxygen atoms in total. The molecule has 1 aliphatic rings. The lowest BCUT2D eigenvalue weighted by Crippen LogP contribution is -2.34. The predicted octanol–water partition coefficient (Wildman–Crippen LogP) is 4.33. The van der Waals surface area contributed by atoms with Crippen LogP contribution >= 0.6 is 0 Å².